The number of carbonyl (C=O) groups excluding carboxylic acids is 1. The topological polar surface area (TPSA) is 83.3 Å². The Hall–Kier alpha value is -1.39. The van der Waals surface area contributed by atoms with Crippen molar-refractivity contribution in [2.24, 2.45) is 0 Å². The molecule has 1 aromatic rings. The Kier molecular flexibility index (Phi) is 4.10. The molecule has 1 aromatic carbocycles. The van der Waals surface area contributed by atoms with Crippen molar-refractivity contribution in [3.05, 3.63) is 39.9 Å². The minimum atomic E-state index is -1.54. The number of benzene rings is 1. The predicted molar refractivity (Wildman–Crippen MR) is 37.4 cm³/mol. The van der Waals surface area contributed by atoms with Crippen LogP contribution in [0.4, 0.5) is 5.69 Å². The monoisotopic (exact) mass is 229 g/mol. The van der Waals surface area contributed by atoms with Crippen molar-refractivity contribution >= 4 is 11.7 Å². The van der Waals surface area contributed by atoms with Gasteiger partial charge in [-0.1, -0.05) is 12.1 Å². The molecule has 0 heterocycles. The summed E-state index contributed by atoms with van der Waals surface area (Å²) in [5.74, 6) is -1.54. The molecule has 0 amide bonds. The second-order valence-electron chi connectivity index (χ2n) is 2.06. The Bertz CT molecular complexity index is 306. The molecule has 0 saturated heterocycles. The van der Waals surface area contributed by atoms with Crippen LogP contribution in [0.2, 0.25) is 0 Å². The zero-order valence-corrected chi connectivity index (χ0v) is 7.13. The van der Waals surface area contributed by atoms with Crippen LogP contribution in [0.5, 0.6) is 0 Å². The van der Waals surface area contributed by atoms with Gasteiger partial charge >= 0.3 is 0 Å². The number of rotatable bonds is 2. The second-order valence-corrected chi connectivity index (χ2v) is 2.06. The number of nitrogens with zero attached hydrogens (tertiary/aromatic N) is 1. The third-order valence-electron chi connectivity index (χ3n) is 1.32. The van der Waals surface area contributed by atoms with E-state index >= 15 is 0 Å². The SMILES string of the molecule is O=C([O-])c1ccccc1[N+](=O)[O-].[Cu]. The Morgan fingerprint density at radius 3 is 2.23 bits per heavy atom. The van der Waals surface area contributed by atoms with E-state index in [-0.39, 0.29) is 17.1 Å². The van der Waals surface area contributed by atoms with Crippen molar-refractivity contribution < 1.29 is 31.9 Å². The fourth-order valence-corrected chi connectivity index (χ4v) is 0.805. The van der Waals surface area contributed by atoms with Gasteiger partial charge in [0.25, 0.3) is 5.69 Å². The van der Waals surface area contributed by atoms with Gasteiger partial charge < -0.3 is 9.90 Å². The number of carbonyl (C=O) groups is 1. The minimum absolute atomic E-state index is 0. The van der Waals surface area contributed by atoms with Crippen LogP contribution in [0.1, 0.15) is 10.4 Å². The van der Waals surface area contributed by atoms with Crippen molar-refractivity contribution in [2.45, 2.75) is 0 Å². The van der Waals surface area contributed by atoms with Crippen LogP contribution in [0.25, 0.3) is 0 Å². The first-order chi connectivity index (χ1) is 5.63. The summed E-state index contributed by atoms with van der Waals surface area (Å²) in [6, 6.07) is 5.04. The smallest absolute Gasteiger partial charge is 0.278 e. The van der Waals surface area contributed by atoms with Crippen LogP contribution in [0.15, 0.2) is 24.3 Å². The molecule has 0 unspecified atom stereocenters. The number of carboxylic acids is 1. The van der Waals surface area contributed by atoms with Crippen molar-refractivity contribution in [3.8, 4) is 0 Å². The predicted octanol–water partition coefficient (Wildman–Crippen LogP) is -0.0442. The number of hydrogen-bond donors (Lipinski definition) is 0. The molecule has 0 fully saturated rings. The summed E-state index contributed by atoms with van der Waals surface area (Å²) in [5.41, 5.74) is -0.847. The Labute approximate surface area is 84.0 Å². The van der Waals surface area contributed by atoms with Gasteiger partial charge in [-0.05, 0) is 6.07 Å². The summed E-state index contributed by atoms with van der Waals surface area (Å²) in [5, 5.41) is 20.6. The quantitative estimate of drug-likeness (QED) is 0.405. The molecule has 5 nitrogen and oxygen atoms in total. The van der Waals surface area contributed by atoms with Crippen molar-refractivity contribution in [1.82, 2.24) is 0 Å². The van der Waals surface area contributed by atoms with E-state index in [0.717, 1.165) is 12.1 Å². The van der Waals surface area contributed by atoms with Crippen LogP contribution in [-0.4, -0.2) is 10.9 Å². The Balaban J connectivity index is 0.00000144. The summed E-state index contributed by atoms with van der Waals surface area (Å²) in [6.45, 7) is 0. The van der Waals surface area contributed by atoms with Gasteiger partial charge in [0.05, 0.1) is 16.5 Å². The molecule has 0 aliphatic heterocycles. The maximum Gasteiger partial charge on any atom is 0.278 e. The largest absolute Gasteiger partial charge is 0.545 e. The number of para-hydroxylation sites is 1. The van der Waals surface area contributed by atoms with Gasteiger partial charge in [-0.25, -0.2) is 0 Å². The van der Waals surface area contributed by atoms with Gasteiger partial charge in [-0.3, -0.25) is 10.1 Å². The van der Waals surface area contributed by atoms with Crippen molar-refractivity contribution in [1.29, 1.82) is 0 Å². The molecule has 0 N–H and O–H groups in total. The fraction of sp³-hybridized carbons (Fsp3) is 0. The molecule has 0 saturated carbocycles. The molecule has 0 spiro atoms. The molecule has 73 valence electrons. The molecule has 0 atom stereocenters. The molecule has 0 aromatic heterocycles. The van der Waals surface area contributed by atoms with Gasteiger partial charge in [0.1, 0.15) is 0 Å². The molecular weight excluding hydrogens is 226 g/mol. The number of nitro benzene ring substituents is 1. The Morgan fingerprint density at radius 2 is 1.85 bits per heavy atom. The molecule has 0 bridgehead atoms. The number of nitro groups is 1. The first kappa shape index (κ1) is 11.6. The van der Waals surface area contributed by atoms with Crippen LogP contribution in [0, 0.1) is 10.1 Å². The van der Waals surface area contributed by atoms with Gasteiger partial charge in [0.15, 0.2) is 0 Å². The van der Waals surface area contributed by atoms with Crippen molar-refractivity contribution in [2.75, 3.05) is 0 Å². The molecule has 13 heavy (non-hydrogen) atoms. The van der Waals surface area contributed by atoms with Crippen LogP contribution in [-0.2, 0) is 17.1 Å². The molecule has 0 aliphatic rings. The van der Waals surface area contributed by atoms with E-state index in [1.165, 1.54) is 12.1 Å². The minimum Gasteiger partial charge on any atom is -0.545 e. The van der Waals surface area contributed by atoms with E-state index in [2.05, 4.69) is 0 Å². The molecule has 1 radical (unpaired) electrons. The molecule has 1 rings (SSSR count). The summed E-state index contributed by atoms with van der Waals surface area (Å²) >= 11 is 0. The van der Waals surface area contributed by atoms with Crippen molar-refractivity contribution in [3.63, 3.8) is 0 Å². The first-order valence-corrected chi connectivity index (χ1v) is 3.07. The average Bonchev–Trinajstić information content (AvgIpc) is 2.04. The van der Waals surface area contributed by atoms with E-state index in [1.54, 1.807) is 0 Å². The maximum atomic E-state index is 10.3. The third kappa shape index (κ3) is 2.54. The zero-order chi connectivity index (χ0) is 9.14. The second kappa shape index (κ2) is 4.59. The van der Waals surface area contributed by atoms with Crippen LogP contribution in [0.3, 0.4) is 0 Å². The number of carboxylic acid groups (broad SMARTS) is 1. The summed E-state index contributed by atoms with van der Waals surface area (Å²) in [4.78, 5) is 19.8. The molecular formula is C7H4CuNO4-. The third-order valence-corrected chi connectivity index (χ3v) is 1.32. The normalized spacial score (nSPS) is 8.62. The molecule has 6 heteroatoms. The Morgan fingerprint density at radius 1 is 1.31 bits per heavy atom. The van der Waals surface area contributed by atoms with Crippen LogP contribution >= 0.6 is 0 Å². The van der Waals surface area contributed by atoms with E-state index in [0.29, 0.717) is 0 Å². The van der Waals surface area contributed by atoms with Gasteiger partial charge in [0, 0.05) is 23.1 Å². The molecule has 0 aliphatic carbocycles. The summed E-state index contributed by atoms with van der Waals surface area (Å²) in [6.07, 6.45) is 0. The van der Waals surface area contributed by atoms with E-state index < -0.39 is 22.1 Å². The number of hydrogen-bond acceptors (Lipinski definition) is 4. The maximum absolute atomic E-state index is 10.3. The summed E-state index contributed by atoms with van der Waals surface area (Å²) < 4.78 is 0. The van der Waals surface area contributed by atoms with E-state index in [4.69, 9.17) is 0 Å². The van der Waals surface area contributed by atoms with Crippen LogP contribution < -0.4 is 5.11 Å². The standard InChI is InChI=1S/C7H5NO4.Cu/c9-7(10)5-3-1-2-4-6(5)8(11)12;/h1-4H,(H,9,10);/p-1. The van der Waals surface area contributed by atoms with Gasteiger partial charge in [0.2, 0.25) is 0 Å². The summed E-state index contributed by atoms with van der Waals surface area (Å²) in [7, 11) is 0. The zero-order valence-electron chi connectivity index (χ0n) is 6.19. The first-order valence-electron chi connectivity index (χ1n) is 3.07. The fourth-order valence-electron chi connectivity index (χ4n) is 0.805. The van der Waals surface area contributed by atoms with E-state index in [1.807, 2.05) is 0 Å². The number of aromatic carboxylic acids is 1. The van der Waals surface area contributed by atoms with E-state index in [9.17, 15) is 20.0 Å². The van der Waals surface area contributed by atoms with Gasteiger partial charge in [-0.2, -0.15) is 0 Å². The average molecular weight is 230 g/mol. The van der Waals surface area contributed by atoms with Gasteiger partial charge in [-0.15, -0.1) is 0 Å².